The summed E-state index contributed by atoms with van der Waals surface area (Å²) < 4.78 is 43.2. The van der Waals surface area contributed by atoms with E-state index in [4.69, 9.17) is 14.2 Å². The Hall–Kier alpha value is -2.25. The summed E-state index contributed by atoms with van der Waals surface area (Å²) in [5, 5.41) is 0. The molecule has 0 spiro atoms. The van der Waals surface area contributed by atoms with E-state index in [1.54, 1.807) is 32.2 Å². The monoisotopic (exact) mass is 363 g/mol. The molecule has 0 radical (unpaired) electrons. The second-order valence-corrected chi connectivity index (χ2v) is 7.56. The Morgan fingerprint density at radius 3 is 2.68 bits per heavy atom. The fourth-order valence-corrected chi connectivity index (χ4v) is 4.02. The van der Waals surface area contributed by atoms with E-state index < -0.39 is 10.0 Å². The Kier molecular flexibility index (Phi) is 5.15. The Bertz CT molecular complexity index is 864. The Morgan fingerprint density at radius 2 is 1.92 bits per heavy atom. The van der Waals surface area contributed by atoms with Crippen molar-refractivity contribution in [3.63, 3.8) is 0 Å². The van der Waals surface area contributed by atoms with Gasteiger partial charge in [0, 0.05) is 6.54 Å². The second kappa shape index (κ2) is 7.33. The third kappa shape index (κ3) is 4.05. The molecule has 0 atom stereocenters. The molecule has 0 saturated carbocycles. The SMILES string of the molecule is COc1ccc(S(=O)(=O)NCCCc2ccc3c(c2)OCO3)c(C)c1. The lowest BCUT2D eigenvalue weighted by molar-refractivity contribution is 0.174. The molecule has 7 heteroatoms. The van der Waals surface area contributed by atoms with Gasteiger partial charge in [-0.05, 0) is 61.2 Å². The van der Waals surface area contributed by atoms with Crippen molar-refractivity contribution in [3.8, 4) is 17.2 Å². The normalized spacial score (nSPS) is 13.0. The third-order valence-corrected chi connectivity index (χ3v) is 5.66. The minimum absolute atomic E-state index is 0.250. The molecule has 0 bridgehead atoms. The van der Waals surface area contributed by atoms with Crippen molar-refractivity contribution in [2.45, 2.75) is 24.7 Å². The molecule has 3 rings (SSSR count). The standard InChI is InChI=1S/C18H21NO5S/c1-13-10-15(22-2)6-8-18(13)25(20,21)19-9-3-4-14-5-7-16-17(11-14)24-12-23-16/h5-8,10-11,19H,3-4,9,12H2,1-2H3. The fourth-order valence-electron chi connectivity index (χ4n) is 2.72. The predicted molar refractivity (Wildman–Crippen MR) is 93.8 cm³/mol. The highest BCUT2D eigenvalue weighted by atomic mass is 32.2. The van der Waals surface area contributed by atoms with E-state index in [9.17, 15) is 8.42 Å². The highest BCUT2D eigenvalue weighted by Gasteiger charge is 2.17. The van der Waals surface area contributed by atoms with Gasteiger partial charge in [-0.1, -0.05) is 6.07 Å². The summed E-state index contributed by atoms with van der Waals surface area (Å²) in [6.07, 6.45) is 1.44. The van der Waals surface area contributed by atoms with Crippen molar-refractivity contribution in [1.29, 1.82) is 0 Å². The van der Waals surface area contributed by atoms with Crippen LogP contribution in [-0.2, 0) is 16.4 Å². The van der Waals surface area contributed by atoms with Crippen molar-refractivity contribution in [1.82, 2.24) is 4.72 Å². The molecular formula is C18H21NO5S. The lowest BCUT2D eigenvalue weighted by Gasteiger charge is -2.10. The number of hydrogen-bond donors (Lipinski definition) is 1. The van der Waals surface area contributed by atoms with Gasteiger partial charge >= 0.3 is 0 Å². The number of methoxy groups -OCH3 is 1. The summed E-state index contributed by atoms with van der Waals surface area (Å²) in [6.45, 7) is 2.37. The molecule has 0 amide bonds. The largest absolute Gasteiger partial charge is 0.497 e. The van der Waals surface area contributed by atoms with Crippen LogP contribution in [0.4, 0.5) is 0 Å². The van der Waals surface area contributed by atoms with Gasteiger partial charge in [0.05, 0.1) is 12.0 Å². The highest BCUT2D eigenvalue weighted by molar-refractivity contribution is 7.89. The lowest BCUT2D eigenvalue weighted by atomic mass is 10.1. The molecule has 6 nitrogen and oxygen atoms in total. The quantitative estimate of drug-likeness (QED) is 0.766. The van der Waals surface area contributed by atoms with Crippen LogP contribution in [0.5, 0.6) is 17.2 Å². The second-order valence-electron chi connectivity index (χ2n) is 5.82. The lowest BCUT2D eigenvalue weighted by Crippen LogP contribution is -2.25. The molecule has 0 fully saturated rings. The summed E-state index contributed by atoms with van der Waals surface area (Å²) in [5.41, 5.74) is 1.74. The maximum atomic E-state index is 12.4. The first kappa shape index (κ1) is 17.6. The van der Waals surface area contributed by atoms with Crippen LogP contribution in [0.1, 0.15) is 17.5 Å². The number of rotatable bonds is 7. The van der Waals surface area contributed by atoms with Crippen LogP contribution in [0.3, 0.4) is 0 Å². The van der Waals surface area contributed by atoms with Crippen molar-refractivity contribution < 1.29 is 22.6 Å². The summed E-state index contributed by atoms with van der Waals surface area (Å²) in [4.78, 5) is 0.274. The zero-order chi connectivity index (χ0) is 17.9. The fraction of sp³-hybridized carbons (Fsp3) is 0.333. The van der Waals surface area contributed by atoms with E-state index in [2.05, 4.69) is 4.72 Å². The van der Waals surface area contributed by atoms with E-state index in [0.29, 0.717) is 24.3 Å². The topological polar surface area (TPSA) is 73.9 Å². The maximum Gasteiger partial charge on any atom is 0.240 e. The molecule has 1 N–H and O–H groups in total. The number of sulfonamides is 1. The maximum absolute atomic E-state index is 12.4. The summed E-state index contributed by atoms with van der Waals surface area (Å²) >= 11 is 0. The molecule has 0 aromatic heterocycles. The van der Waals surface area contributed by atoms with Crippen LogP contribution in [0, 0.1) is 6.92 Å². The predicted octanol–water partition coefficient (Wildman–Crippen LogP) is 2.64. The van der Waals surface area contributed by atoms with E-state index in [1.165, 1.54) is 0 Å². The van der Waals surface area contributed by atoms with Crippen LogP contribution in [0.25, 0.3) is 0 Å². The first-order valence-electron chi connectivity index (χ1n) is 8.02. The molecule has 134 valence electrons. The molecule has 1 aliphatic rings. The van der Waals surface area contributed by atoms with Crippen LogP contribution >= 0.6 is 0 Å². The molecule has 1 aliphatic heterocycles. The molecule has 2 aromatic rings. The number of ether oxygens (including phenoxy) is 3. The first-order chi connectivity index (χ1) is 12.0. The van der Waals surface area contributed by atoms with Crippen molar-refractivity contribution in [2.24, 2.45) is 0 Å². The van der Waals surface area contributed by atoms with Crippen LogP contribution < -0.4 is 18.9 Å². The summed E-state index contributed by atoms with van der Waals surface area (Å²) in [6, 6.07) is 10.7. The minimum Gasteiger partial charge on any atom is -0.497 e. The van der Waals surface area contributed by atoms with Crippen LogP contribution in [0.15, 0.2) is 41.3 Å². The van der Waals surface area contributed by atoms with Gasteiger partial charge in [0.1, 0.15) is 5.75 Å². The summed E-state index contributed by atoms with van der Waals surface area (Å²) in [7, 11) is -1.98. The molecular weight excluding hydrogens is 342 g/mol. The van der Waals surface area contributed by atoms with Crippen molar-refractivity contribution >= 4 is 10.0 Å². The number of fused-ring (bicyclic) bond motifs is 1. The molecule has 0 aliphatic carbocycles. The smallest absolute Gasteiger partial charge is 0.240 e. The molecule has 2 aromatic carbocycles. The zero-order valence-corrected chi connectivity index (χ0v) is 15.1. The van der Waals surface area contributed by atoms with Gasteiger partial charge in [0.25, 0.3) is 0 Å². The Balaban J connectivity index is 1.56. The number of hydrogen-bond acceptors (Lipinski definition) is 5. The van der Waals surface area contributed by atoms with Crippen LogP contribution in [0.2, 0.25) is 0 Å². The van der Waals surface area contributed by atoms with Crippen LogP contribution in [-0.4, -0.2) is 28.9 Å². The van der Waals surface area contributed by atoms with Crippen molar-refractivity contribution in [2.75, 3.05) is 20.4 Å². The third-order valence-electron chi connectivity index (χ3n) is 4.04. The van der Waals surface area contributed by atoms with E-state index in [1.807, 2.05) is 18.2 Å². The van der Waals surface area contributed by atoms with Gasteiger partial charge in [0.15, 0.2) is 11.5 Å². The number of nitrogens with one attached hydrogen (secondary N) is 1. The van der Waals surface area contributed by atoms with Gasteiger partial charge in [-0.2, -0.15) is 0 Å². The summed E-state index contributed by atoms with van der Waals surface area (Å²) in [5.74, 6) is 2.13. The zero-order valence-electron chi connectivity index (χ0n) is 14.2. The van der Waals surface area contributed by atoms with Gasteiger partial charge < -0.3 is 14.2 Å². The Morgan fingerprint density at radius 1 is 1.12 bits per heavy atom. The Labute approximate surface area is 147 Å². The van der Waals surface area contributed by atoms with E-state index >= 15 is 0 Å². The van der Waals surface area contributed by atoms with E-state index in [-0.39, 0.29) is 11.7 Å². The molecule has 0 saturated heterocycles. The average molecular weight is 363 g/mol. The minimum atomic E-state index is -3.53. The number of aryl methyl sites for hydroxylation is 2. The molecule has 25 heavy (non-hydrogen) atoms. The van der Waals surface area contributed by atoms with Crippen molar-refractivity contribution in [3.05, 3.63) is 47.5 Å². The number of benzene rings is 2. The molecule has 1 heterocycles. The highest BCUT2D eigenvalue weighted by Crippen LogP contribution is 2.32. The van der Waals surface area contributed by atoms with Gasteiger partial charge in [-0.15, -0.1) is 0 Å². The van der Waals surface area contributed by atoms with E-state index in [0.717, 1.165) is 23.5 Å². The molecule has 0 unspecified atom stereocenters. The first-order valence-corrected chi connectivity index (χ1v) is 9.51. The van der Waals surface area contributed by atoms with Gasteiger partial charge in [-0.3, -0.25) is 0 Å². The van der Waals surface area contributed by atoms with Gasteiger partial charge in [-0.25, -0.2) is 13.1 Å². The van der Waals surface area contributed by atoms with Gasteiger partial charge in [0.2, 0.25) is 16.8 Å². The average Bonchev–Trinajstić information content (AvgIpc) is 3.06.